The number of nitrogens with zero attached hydrogens (tertiary/aromatic N) is 4. The predicted octanol–water partition coefficient (Wildman–Crippen LogP) is 7.92. The molecule has 1 aliphatic heterocycles. The van der Waals surface area contributed by atoms with E-state index in [0.717, 1.165) is 86.5 Å². The lowest BCUT2D eigenvalue weighted by Crippen LogP contribution is -2.26. The zero-order valence-electron chi connectivity index (χ0n) is 26.1. The van der Waals surface area contributed by atoms with Crippen molar-refractivity contribution in [2.75, 3.05) is 38.2 Å². The Hall–Kier alpha value is -2.41. The van der Waals surface area contributed by atoms with E-state index in [4.69, 9.17) is 14.7 Å². The topological polar surface area (TPSA) is 72.3 Å². The molecule has 0 bridgehead atoms. The fraction of sp³-hybridized carbons (Fsp3) is 0.727. The van der Waals surface area contributed by atoms with Crippen LogP contribution in [0.3, 0.4) is 0 Å². The number of nitrogens with one attached hydrogen (secondary N) is 1. The lowest BCUT2D eigenvalue weighted by molar-refractivity contribution is -0.140. The number of carbonyl (C=O) groups is 1. The normalized spacial score (nSPS) is 13.4. The number of esters is 1. The van der Waals surface area contributed by atoms with Crippen molar-refractivity contribution in [2.24, 2.45) is 0 Å². The summed E-state index contributed by atoms with van der Waals surface area (Å²) in [6, 6.07) is 4.25. The molecule has 0 saturated carbocycles. The molecule has 7 nitrogen and oxygen atoms in total. The predicted molar refractivity (Wildman–Crippen MR) is 170 cm³/mol. The minimum atomic E-state index is -0.123. The number of imidazole rings is 1. The van der Waals surface area contributed by atoms with Gasteiger partial charge < -0.3 is 19.5 Å². The van der Waals surface area contributed by atoms with Crippen molar-refractivity contribution in [3.8, 4) is 0 Å². The highest BCUT2D eigenvalue weighted by Gasteiger charge is 2.16. The molecule has 0 spiro atoms. The van der Waals surface area contributed by atoms with Crippen molar-refractivity contribution in [1.29, 1.82) is 0 Å². The Morgan fingerprint density at radius 1 is 0.900 bits per heavy atom. The first-order valence-electron chi connectivity index (χ1n) is 16.1. The van der Waals surface area contributed by atoms with Gasteiger partial charge >= 0.3 is 5.97 Å². The number of aryl methyl sites for hydroxylation is 1. The maximum absolute atomic E-state index is 11.2. The van der Waals surface area contributed by atoms with E-state index >= 15 is 0 Å². The molecule has 0 aliphatic carbocycles. The molecule has 1 fully saturated rings. The van der Waals surface area contributed by atoms with E-state index in [1.807, 2.05) is 0 Å². The SMILES string of the molecule is C1CCCNCC1.C=C(CCCCCCC(=O)OC)c1nc2ccc(N(CCCC)CCCC)nc2n1CCC. The quantitative estimate of drug-likeness (QED) is 0.158. The van der Waals surface area contributed by atoms with Gasteiger partial charge in [0.15, 0.2) is 5.65 Å². The van der Waals surface area contributed by atoms with Gasteiger partial charge in [-0.25, -0.2) is 9.97 Å². The molecule has 0 radical (unpaired) electrons. The van der Waals surface area contributed by atoms with Gasteiger partial charge in [-0.3, -0.25) is 4.79 Å². The lowest BCUT2D eigenvalue weighted by atomic mass is 10.1. The Morgan fingerprint density at radius 3 is 2.15 bits per heavy atom. The van der Waals surface area contributed by atoms with Gasteiger partial charge in [-0.05, 0) is 82.2 Å². The number of pyridine rings is 1. The average molecular weight is 556 g/mol. The molecule has 2 aromatic heterocycles. The molecule has 1 saturated heterocycles. The second kappa shape index (κ2) is 20.5. The summed E-state index contributed by atoms with van der Waals surface area (Å²) in [5.74, 6) is 1.91. The Kier molecular flexibility index (Phi) is 17.3. The first-order chi connectivity index (χ1) is 19.5. The Balaban J connectivity index is 0.000000693. The summed E-state index contributed by atoms with van der Waals surface area (Å²) in [4.78, 5) is 23.7. The van der Waals surface area contributed by atoms with Crippen LogP contribution in [-0.4, -0.2) is 53.8 Å². The number of unbranched alkanes of at least 4 members (excludes halogenated alkanes) is 5. The molecule has 1 N–H and O–H groups in total. The molecule has 3 heterocycles. The van der Waals surface area contributed by atoms with Crippen LogP contribution < -0.4 is 10.2 Å². The molecule has 226 valence electrons. The van der Waals surface area contributed by atoms with Crippen molar-refractivity contribution in [3.05, 3.63) is 24.5 Å². The van der Waals surface area contributed by atoms with Gasteiger partial charge in [0, 0.05) is 26.1 Å². The second-order valence-corrected chi connectivity index (χ2v) is 11.1. The minimum absolute atomic E-state index is 0.123. The van der Waals surface area contributed by atoms with E-state index in [-0.39, 0.29) is 5.97 Å². The van der Waals surface area contributed by atoms with E-state index in [1.54, 1.807) is 0 Å². The van der Waals surface area contributed by atoms with E-state index in [1.165, 1.54) is 71.6 Å². The summed E-state index contributed by atoms with van der Waals surface area (Å²) >= 11 is 0. The summed E-state index contributed by atoms with van der Waals surface area (Å²) in [7, 11) is 1.44. The van der Waals surface area contributed by atoms with Gasteiger partial charge in [-0.1, -0.05) is 65.9 Å². The highest BCUT2D eigenvalue weighted by molar-refractivity contribution is 5.78. The van der Waals surface area contributed by atoms with E-state index in [2.05, 4.69) is 54.3 Å². The molecule has 3 rings (SSSR count). The summed E-state index contributed by atoms with van der Waals surface area (Å²) in [5.41, 5.74) is 3.00. The van der Waals surface area contributed by atoms with Crippen LogP contribution in [0.4, 0.5) is 5.82 Å². The molecule has 0 amide bonds. The van der Waals surface area contributed by atoms with Crippen LogP contribution >= 0.6 is 0 Å². The van der Waals surface area contributed by atoms with Crippen LogP contribution in [0, 0.1) is 0 Å². The number of methoxy groups -OCH3 is 1. The summed E-state index contributed by atoms with van der Waals surface area (Å²) in [6.45, 7) is 16.5. The monoisotopic (exact) mass is 555 g/mol. The van der Waals surface area contributed by atoms with Crippen LogP contribution in [0.1, 0.15) is 123 Å². The van der Waals surface area contributed by atoms with Gasteiger partial charge in [0.05, 0.1) is 7.11 Å². The number of fused-ring (bicyclic) bond motifs is 1. The fourth-order valence-electron chi connectivity index (χ4n) is 5.07. The van der Waals surface area contributed by atoms with Crippen LogP contribution in [0.2, 0.25) is 0 Å². The van der Waals surface area contributed by atoms with Crippen LogP contribution in [-0.2, 0) is 16.1 Å². The third kappa shape index (κ3) is 12.0. The third-order valence-electron chi connectivity index (χ3n) is 7.52. The smallest absolute Gasteiger partial charge is 0.305 e. The second-order valence-electron chi connectivity index (χ2n) is 11.1. The van der Waals surface area contributed by atoms with Crippen LogP contribution in [0.5, 0.6) is 0 Å². The standard InChI is InChI=1S/C27H44N4O2.C6H13N/c1-6-9-20-30(21-10-7-2)24-18-17-23-27(29-24)31(19-8-3)26(28-23)22(4)15-13-11-12-14-16-25(32)33-5;1-2-4-6-7-5-3-1/h17-18H,4,6-16,19-21H2,1-3,5H3;7H,1-6H2. The van der Waals surface area contributed by atoms with Gasteiger partial charge in [0.1, 0.15) is 17.2 Å². The molecule has 0 aromatic carbocycles. The van der Waals surface area contributed by atoms with Crippen molar-refractivity contribution in [3.63, 3.8) is 0 Å². The molecule has 0 atom stereocenters. The molecule has 1 aliphatic rings. The van der Waals surface area contributed by atoms with Gasteiger partial charge in [0.25, 0.3) is 0 Å². The van der Waals surface area contributed by atoms with Gasteiger partial charge in [0.2, 0.25) is 0 Å². The average Bonchev–Trinajstić information content (AvgIpc) is 3.11. The molecule has 7 heteroatoms. The number of allylic oxidation sites excluding steroid dienone is 1. The molecular formula is C33H57N5O2. The van der Waals surface area contributed by atoms with Gasteiger partial charge in [-0.2, -0.15) is 0 Å². The first-order valence-corrected chi connectivity index (χ1v) is 16.1. The van der Waals surface area contributed by atoms with Crippen LogP contribution in [0.15, 0.2) is 18.7 Å². The highest BCUT2D eigenvalue weighted by atomic mass is 16.5. The number of aromatic nitrogens is 3. The number of anilines is 1. The minimum Gasteiger partial charge on any atom is -0.469 e. The fourth-order valence-corrected chi connectivity index (χ4v) is 5.07. The Bertz CT molecular complexity index is 959. The maximum Gasteiger partial charge on any atom is 0.305 e. The molecule has 0 unspecified atom stereocenters. The lowest BCUT2D eigenvalue weighted by Gasteiger charge is -2.23. The van der Waals surface area contributed by atoms with Crippen molar-refractivity contribution in [2.45, 2.75) is 124 Å². The summed E-state index contributed by atoms with van der Waals surface area (Å²) in [6.07, 6.45) is 16.9. The zero-order valence-corrected chi connectivity index (χ0v) is 26.1. The van der Waals surface area contributed by atoms with E-state index in [9.17, 15) is 4.79 Å². The molecular weight excluding hydrogens is 498 g/mol. The maximum atomic E-state index is 11.2. The Morgan fingerprint density at radius 2 is 1.55 bits per heavy atom. The third-order valence-corrected chi connectivity index (χ3v) is 7.52. The van der Waals surface area contributed by atoms with Crippen molar-refractivity contribution in [1.82, 2.24) is 19.9 Å². The van der Waals surface area contributed by atoms with Crippen LogP contribution in [0.25, 0.3) is 16.7 Å². The molecule has 40 heavy (non-hydrogen) atoms. The van der Waals surface area contributed by atoms with Gasteiger partial charge in [-0.15, -0.1) is 0 Å². The van der Waals surface area contributed by atoms with Crippen molar-refractivity contribution >= 4 is 28.5 Å². The van der Waals surface area contributed by atoms with Crippen molar-refractivity contribution < 1.29 is 9.53 Å². The zero-order chi connectivity index (χ0) is 29.0. The number of hydrogen-bond donors (Lipinski definition) is 1. The number of carbonyl (C=O) groups excluding carboxylic acids is 1. The summed E-state index contributed by atoms with van der Waals surface area (Å²) < 4.78 is 6.97. The largest absolute Gasteiger partial charge is 0.469 e. The first kappa shape index (κ1) is 33.8. The number of ether oxygens (including phenoxy) is 1. The summed E-state index contributed by atoms with van der Waals surface area (Å²) in [5, 5.41) is 3.35. The Labute approximate surface area is 244 Å². The van der Waals surface area contributed by atoms with E-state index < -0.39 is 0 Å². The molecule has 2 aromatic rings. The number of rotatable bonds is 17. The van der Waals surface area contributed by atoms with E-state index in [0.29, 0.717) is 6.42 Å². The highest BCUT2D eigenvalue weighted by Crippen LogP contribution is 2.26. The number of hydrogen-bond acceptors (Lipinski definition) is 6.